The minimum absolute atomic E-state index is 0.450. The third-order valence-corrected chi connectivity index (χ3v) is 7.30. The molecular formula is C21H32N2O3S. The molecule has 2 fully saturated rings. The minimum Gasteiger partial charge on any atom is -0.465 e. The molecule has 1 saturated heterocycles. The maximum Gasteiger partial charge on any atom is 0.404 e. The molecule has 1 saturated carbocycles. The van der Waals surface area contributed by atoms with Crippen LogP contribution in [0.2, 0.25) is 0 Å². The smallest absolute Gasteiger partial charge is 0.404 e. The summed E-state index contributed by atoms with van der Waals surface area (Å²) in [7, 11) is 0. The van der Waals surface area contributed by atoms with Crippen LogP contribution in [0.15, 0.2) is 35.2 Å². The van der Waals surface area contributed by atoms with Crippen molar-refractivity contribution in [3.8, 4) is 0 Å². The van der Waals surface area contributed by atoms with Gasteiger partial charge in [-0.1, -0.05) is 37.5 Å². The average molecular weight is 393 g/mol. The zero-order chi connectivity index (χ0) is 19.2. The largest absolute Gasteiger partial charge is 0.465 e. The van der Waals surface area contributed by atoms with Crippen molar-refractivity contribution in [2.75, 3.05) is 18.8 Å². The van der Waals surface area contributed by atoms with Crippen molar-refractivity contribution in [3.63, 3.8) is 0 Å². The molecule has 0 aromatic heterocycles. The van der Waals surface area contributed by atoms with Gasteiger partial charge in [-0.2, -0.15) is 0 Å². The molecule has 1 aliphatic heterocycles. The number of nitrogens with zero attached hydrogens (tertiary/aromatic N) is 1. The van der Waals surface area contributed by atoms with Crippen molar-refractivity contribution in [2.24, 2.45) is 11.8 Å². The lowest BCUT2D eigenvalue weighted by Crippen LogP contribution is -2.54. The molecule has 1 aliphatic carbocycles. The quantitative estimate of drug-likeness (QED) is 0.618. The Hall–Kier alpha value is -1.24. The van der Waals surface area contributed by atoms with Gasteiger partial charge in [0.15, 0.2) is 0 Å². The fourth-order valence-corrected chi connectivity index (χ4v) is 5.66. The number of aliphatic hydroxyl groups is 1. The normalized spacial score (nSPS) is 28.1. The standard InChI is InChI=1S/C21H32N2O3S/c1-15-11-16-7-5-6-8-17(16)12-23(15)13-20(24)19(22-21(25)26)14-27-18-9-3-2-4-10-18/h2-4,9-10,15-17,19-20,22,24H,5-8,11-14H2,1H3,(H,25,26)/t15-,16+,17-,19+,20-/m1/s1. The van der Waals surface area contributed by atoms with Crippen molar-refractivity contribution < 1.29 is 15.0 Å². The van der Waals surface area contributed by atoms with E-state index >= 15 is 0 Å². The van der Waals surface area contributed by atoms with Gasteiger partial charge in [0.05, 0.1) is 12.1 Å². The number of thioether (sulfide) groups is 1. The second-order valence-corrected chi connectivity index (χ2v) is 9.18. The number of β-amino-alcohol motifs (C(OH)–C–C–N with tert-alkyl or cyclic N) is 1. The van der Waals surface area contributed by atoms with E-state index in [4.69, 9.17) is 0 Å². The van der Waals surface area contributed by atoms with Gasteiger partial charge in [0.25, 0.3) is 0 Å². The first-order valence-electron chi connectivity index (χ1n) is 10.1. The molecule has 0 bridgehead atoms. The molecule has 150 valence electrons. The van der Waals surface area contributed by atoms with Crippen LogP contribution in [0.1, 0.15) is 39.0 Å². The van der Waals surface area contributed by atoms with E-state index in [-0.39, 0.29) is 0 Å². The second-order valence-electron chi connectivity index (χ2n) is 8.09. The summed E-state index contributed by atoms with van der Waals surface area (Å²) in [6.45, 7) is 3.81. The molecule has 1 heterocycles. The Labute approximate surface area is 166 Å². The Morgan fingerprint density at radius 2 is 1.96 bits per heavy atom. The van der Waals surface area contributed by atoms with Crippen LogP contribution in [-0.4, -0.2) is 58.2 Å². The van der Waals surface area contributed by atoms with Crippen LogP contribution in [-0.2, 0) is 0 Å². The van der Waals surface area contributed by atoms with Gasteiger partial charge in [0.2, 0.25) is 0 Å². The molecule has 1 aromatic carbocycles. The summed E-state index contributed by atoms with van der Waals surface area (Å²) in [6.07, 6.45) is 4.74. The van der Waals surface area contributed by atoms with Crippen LogP contribution in [0, 0.1) is 11.8 Å². The third kappa shape index (κ3) is 5.87. The first-order valence-corrected chi connectivity index (χ1v) is 11.1. The Kier molecular flexibility index (Phi) is 7.44. The lowest BCUT2D eigenvalue weighted by atomic mass is 9.73. The number of benzene rings is 1. The number of carbonyl (C=O) groups is 1. The summed E-state index contributed by atoms with van der Waals surface area (Å²) in [5.41, 5.74) is 0. The molecule has 5 nitrogen and oxygen atoms in total. The molecule has 5 atom stereocenters. The highest BCUT2D eigenvalue weighted by atomic mass is 32.2. The fourth-order valence-electron chi connectivity index (χ4n) is 4.64. The zero-order valence-corrected chi connectivity index (χ0v) is 16.9. The predicted octanol–water partition coefficient (Wildman–Crippen LogP) is 3.68. The lowest BCUT2D eigenvalue weighted by molar-refractivity contribution is 0.00606. The summed E-state index contributed by atoms with van der Waals surface area (Å²) >= 11 is 1.58. The van der Waals surface area contributed by atoms with Crippen molar-refractivity contribution >= 4 is 17.9 Å². The Morgan fingerprint density at radius 1 is 1.26 bits per heavy atom. The van der Waals surface area contributed by atoms with E-state index in [0.717, 1.165) is 23.3 Å². The van der Waals surface area contributed by atoms with Crippen LogP contribution in [0.4, 0.5) is 4.79 Å². The number of likely N-dealkylation sites (tertiary alicyclic amines) is 1. The molecule has 0 spiro atoms. The molecule has 3 N–H and O–H groups in total. The number of fused-ring (bicyclic) bond motifs is 1. The number of carboxylic acid groups (broad SMARTS) is 1. The summed E-state index contributed by atoms with van der Waals surface area (Å²) < 4.78 is 0. The Balaban J connectivity index is 1.57. The number of nitrogens with one attached hydrogen (secondary N) is 1. The van der Waals surface area contributed by atoms with Crippen LogP contribution < -0.4 is 5.32 Å². The number of rotatable bonds is 7. The molecule has 0 radical (unpaired) electrons. The van der Waals surface area contributed by atoms with Gasteiger partial charge in [-0.15, -0.1) is 11.8 Å². The summed E-state index contributed by atoms with van der Waals surface area (Å²) in [5, 5.41) is 22.5. The van der Waals surface area contributed by atoms with Gasteiger partial charge in [-0.05, 0) is 43.7 Å². The van der Waals surface area contributed by atoms with Gasteiger partial charge < -0.3 is 15.5 Å². The first kappa shape index (κ1) is 20.5. The molecule has 2 aliphatic rings. The molecule has 0 unspecified atom stereocenters. The number of aliphatic hydroxyl groups excluding tert-OH is 1. The highest BCUT2D eigenvalue weighted by Gasteiger charge is 2.36. The fraction of sp³-hybridized carbons (Fsp3) is 0.667. The SMILES string of the molecule is C[C@@H]1C[C@@H]2CCCC[C@@H]2CN1C[C@@H](O)[C@H](CSc1ccccc1)NC(=O)O. The van der Waals surface area contributed by atoms with Gasteiger partial charge in [0, 0.05) is 29.8 Å². The monoisotopic (exact) mass is 392 g/mol. The van der Waals surface area contributed by atoms with Gasteiger partial charge in [0.1, 0.15) is 0 Å². The van der Waals surface area contributed by atoms with E-state index in [2.05, 4.69) is 17.1 Å². The number of hydrogen-bond donors (Lipinski definition) is 3. The summed E-state index contributed by atoms with van der Waals surface area (Å²) in [4.78, 5) is 14.7. The average Bonchev–Trinajstić information content (AvgIpc) is 2.66. The van der Waals surface area contributed by atoms with Crippen LogP contribution in [0.25, 0.3) is 0 Å². The van der Waals surface area contributed by atoms with Crippen molar-refractivity contribution in [1.29, 1.82) is 0 Å². The summed E-state index contributed by atoms with van der Waals surface area (Å²) in [5.74, 6) is 2.10. The molecule has 3 rings (SSSR count). The van der Waals surface area contributed by atoms with Gasteiger partial charge >= 0.3 is 6.09 Å². The van der Waals surface area contributed by atoms with Crippen LogP contribution in [0.3, 0.4) is 0 Å². The number of amides is 1. The molecule has 1 aromatic rings. The van der Waals surface area contributed by atoms with Crippen LogP contribution in [0.5, 0.6) is 0 Å². The number of hydrogen-bond acceptors (Lipinski definition) is 4. The van der Waals surface area contributed by atoms with Crippen LogP contribution >= 0.6 is 11.8 Å². The molecule has 1 amide bonds. The Bertz CT molecular complexity index is 600. The predicted molar refractivity (Wildman–Crippen MR) is 109 cm³/mol. The Morgan fingerprint density at radius 3 is 2.67 bits per heavy atom. The van der Waals surface area contributed by atoms with Crippen molar-refractivity contribution in [2.45, 2.75) is 62.1 Å². The maximum atomic E-state index is 11.2. The zero-order valence-electron chi connectivity index (χ0n) is 16.1. The number of piperidine rings is 1. The molecular weight excluding hydrogens is 360 g/mol. The third-order valence-electron chi connectivity index (χ3n) is 6.17. The summed E-state index contributed by atoms with van der Waals surface area (Å²) in [6, 6.07) is 9.87. The van der Waals surface area contributed by atoms with Gasteiger partial charge in [-0.3, -0.25) is 4.90 Å². The highest BCUT2D eigenvalue weighted by molar-refractivity contribution is 7.99. The van der Waals surface area contributed by atoms with E-state index in [0.29, 0.717) is 18.3 Å². The van der Waals surface area contributed by atoms with Crippen molar-refractivity contribution in [1.82, 2.24) is 10.2 Å². The van der Waals surface area contributed by atoms with E-state index in [1.165, 1.54) is 32.1 Å². The van der Waals surface area contributed by atoms with E-state index in [1.54, 1.807) is 11.8 Å². The van der Waals surface area contributed by atoms with E-state index in [1.807, 2.05) is 30.3 Å². The second kappa shape index (κ2) is 9.80. The highest BCUT2D eigenvalue weighted by Crippen LogP contribution is 2.38. The van der Waals surface area contributed by atoms with Crippen molar-refractivity contribution in [3.05, 3.63) is 30.3 Å². The molecule has 6 heteroatoms. The maximum absolute atomic E-state index is 11.2. The van der Waals surface area contributed by atoms with Gasteiger partial charge in [-0.25, -0.2) is 4.79 Å². The minimum atomic E-state index is -1.08. The van der Waals surface area contributed by atoms with E-state index in [9.17, 15) is 15.0 Å². The topological polar surface area (TPSA) is 72.8 Å². The lowest BCUT2D eigenvalue weighted by Gasteiger charge is -2.46. The molecule has 27 heavy (non-hydrogen) atoms. The first-order chi connectivity index (χ1) is 13.0. The van der Waals surface area contributed by atoms with E-state index < -0.39 is 18.2 Å².